The first-order valence-electron chi connectivity index (χ1n) is 8.57. The van der Waals surface area contributed by atoms with Crippen molar-refractivity contribution in [2.24, 2.45) is 0 Å². The van der Waals surface area contributed by atoms with Gasteiger partial charge in [-0.25, -0.2) is 0 Å². The van der Waals surface area contributed by atoms with Crippen molar-refractivity contribution in [2.75, 3.05) is 11.1 Å². The number of hydrogen-bond donors (Lipinski definition) is 1. The van der Waals surface area contributed by atoms with Gasteiger partial charge in [-0.05, 0) is 53.8 Å². The summed E-state index contributed by atoms with van der Waals surface area (Å²) in [6, 6.07) is 11.8. The number of thiophene rings is 1. The molecule has 0 aliphatic heterocycles. The third kappa shape index (κ3) is 3.72. The molecular formula is C18H16N6OS2. The third-order valence-corrected chi connectivity index (χ3v) is 6.44. The molecule has 27 heavy (non-hydrogen) atoms. The topological polar surface area (TPSA) is 96.5 Å². The van der Waals surface area contributed by atoms with Crippen molar-refractivity contribution in [3.63, 3.8) is 0 Å². The standard InChI is InChI=1S/C18H16N6OS2/c19-10-14-13-8-4-5-9-15(13)27-17(14)20-16(25)11-26-18-21-22-23-24(18)12-6-2-1-3-7-12/h1-3,6-7H,4-5,8-9,11H2,(H,20,25). The van der Waals surface area contributed by atoms with Gasteiger partial charge in [-0.1, -0.05) is 30.0 Å². The third-order valence-electron chi connectivity index (χ3n) is 4.31. The molecule has 4 rings (SSSR count). The number of fused-ring (bicyclic) bond motifs is 1. The summed E-state index contributed by atoms with van der Waals surface area (Å²) in [7, 11) is 0. The number of amides is 1. The van der Waals surface area contributed by atoms with Crippen molar-refractivity contribution in [1.29, 1.82) is 5.26 Å². The second-order valence-electron chi connectivity index (χ2n) is 6.07. The van der Waals surface area contributed by atoms with Crippen LogP contribution in [0.4, 0.5) is 5.00 Å². The normalized spacial score (nSPS) is 13.0. The molecule has 0 radical (unpaired) electrons. The van der Waals surface area contributed by atoms with Crippen molar-refractivity contribution in [2.45, 2.75) is 30.8 Å². The highest BCUT2D eigenvalue weighted by Gasteiger charge is 2.22. The molecule has 7 nitrogen and oxygen atoms in total. The Morgan fingerprint density at radius 3 is 2.93 bits per heavy atom. The summed E-state index contributed by atoms with van der Waals surface area (Å²) in [5.74, 6) is -0.00148. The number of benzene rings is 1. The smallest absolute Gasteiger partial charge is 0.235 e. The first kappa shape index (κ1) is 17.7. The van der Waals surface area contributed by atoms with E-state index in [-0.39, 0.29) is 11.7 Å². The Morgan fingerprint density at radius 1 is 1.30 bits per heavy atom. The first-order chi connectivity index (χ1) is 13.3. The van der Waals surface area contributed by atoms with Gasteiger partial charge >= 0.3 is 0 Å². The molecule has 0 fully saturated rings. The number of nitriles is 1. The van der Waals surface area contributed by atoms with Crippen LogP contribution in [0.1, 0.15) is 28.8 Å². The minimum Gasteiger partial charge on any atom is -0.316 e. The Kier molecular flexibility index (Phi) is 5.18. The molecule has 1 aliphatic carbocycles. The molecule has 1 aliphatic rings. The van der Waals surface area contributed by atoms with Crippen LogP contribution >= 0.6 is 23.1 Å². The predicted molar refractivity (Wildman–Crippen MR) is 104 cm³/mol. The number of nitrogens with one attached hydrogen (secondary N) is 1. The Hall–Kier alpha value is -2.70. The molecule has 1 amide bonds. The average molecular weight is 397 g/mol. The number of para-hydroxylation sites is 1. The highest BCUT2D eigenvalue weighted by molar-refractivity contribution is 7.99. The van der Waals surface area contributed by atoms with E-state index in [0.717, 1.165) is 36.9 Å². The molecule has 1 aromatic carbocycles. The maximum Gasteiger partial charge on any atom is 0.235 e. The van der Waals surface area contributed by atoms with E-state index in [1.165, 1.54) is 28.0 Å². The highest BCUT2D eigenvalue weighted by atomic mass is 32.2. The van der Waals surface area contributed by atoms with Crippen LogP contribution in [0.25, 0.3) is 5.69 Å². The van der Waals surface area contributed by atoms with Crippen LogP contribution in [0.3, 0.4) is 0 Å². The van der Waals surface area contributed by atoms with Crippen molar-refractivity contribution < 1.29 is 4.79 Å². The number of hydrogen-bond acceptors (Lipinski definition) is 7. The summed E-state index contributed by atoms with van der Waals surface area (Å²) < 4.78 is 1.60. The number of thioether (sulfide) groups is 1. The number of aromatic nitrogens is 4. The summed E-state index contributed by atoms with van der Waals surface area (Å²) in [5, 5.41) is 25.3. The fraction of sp³-hybridized carbons (Fsp3) is 0.278. The Morgan fingerprint density at radius 2 is 2.11 bits per heavy atom. The maximum atomic E-state index is 12.4. The van der Waals surface area contributed by atoms with Gasteiger partial charge in [0.2, 0.25) is 11.1 Å². The number of anilines is 1. The van der Waals surface area contributed by atoms with Crippen LogP contribution in [0.5, 0.6) is 0 Å². The largest absolute Gasteiger partial charge is 0.316 e. The van der Waals surface area contributed by atoms with Crippen LogP contribution < -0.4 is 5.32 Å². The second kappa shape index (κ2) is 7.90. The zero-order chi connectivity index (χ0) is 18.6. The van der Waals surface area contributed by atoms with Crippen LogP contribution in [-0.2, 0) is 17.6 Å². The van der Waals surface area contributed by atoms with Crippen LogP contribution in [-0.4, -0.2) is 31.9 Å². The lowest BCUT2D eigenvalue weighted by Gasteiger charge is -2.09. The zero-order valence-corrected chi connectivity index (χ0v) is 16.0. The van der Waals surface area contributed by atoms with E-state index in [1.54, 1.807) is 4.68 Å². The molecule has 0 unspecified atom stereocenters. The molecule has 9 heteroatoms. The number of nitrogens with zero attached hydrogens (tertiary/aromatic N) is 5. The molecule has 0 bridgehead atoms. The van der Waals surface area contributed by atoms with Gasteiger partial charge in [-0.3, -0.25) is 4.79 Å². The highest BCUT2D eigenvalue weighted by Crippen LogP contribution is 2.37. The monoisotopic (exact) mass is 396 g/mol. The van der Waals surface area contributed by atoms with Gasteiger partial charge in [0, 0.05) is 4.88 Å². The summed E-state index contributed by atoms with van der Waals surface area (Å²) in [5.41, 5.74) is 2.58. The zero-order valence-electron chi connectivity index (χ0n) is 14.4. The van der Waals surface area contributed by atoms with E-state index < -0.39 is 0 Å². The summed E-state index contributed by atoms with van der Waals surface area (Å²) >= 11 is 2.79. The van der Waals surface area contributed by atoms with Crippen molar-refractivity contribution in [3.05, 3.63) is 46.3 Å². The first-order valence-corrected chi connectivity index (χ1v) is 10.4. The van der Waals surface area contributed by atoms with Crippen LogP contribution in [0.15, 0.2) is 35.5 Å². The number of tetrazole rings is 1. The lowest BCUT2D eigenvalue weighted by Crippen LogP contribution is -2.14. The molecule has 0 saturated carbocycles. The van der Waals surface area contributed by atoms with Crippen molar-refractivity contribution in [1.82, 2.24) is 20.2 Å². The predicted octanol–water partition coefficient (Wildman–Crippen LogP) is 3.21. The quantitative estimate of drug-likeness (QED) is 0.665. The van der Waals surface area contributed by atoms with Crippen LogP contribution in [0, 0.1) is 11.3 Å². The number of aryl methyl sites for hydroxylation is 1. The average Bonchev–Trinajstić information content (AvgIpc) is 3.31. The minimum atomic E-state index is -0.169. The van der Waals surface area contributed by atoms with Crippen molar-refractivity contribution >= 4 is 34.0 Å². The Labute approximate surface area is 164 Å². The van der Waals surface area contributed by atoms with E-state index in [2.05, 4.69) is 26.9 Å². The number of rotatable bonds is 5. The molecule has 1 N–H and O–H groups in total. The lowest BCUT2D eigenvalue weighted by atomic mass is 9.96. The van der Waals surface area contributed by atoms with Crippen molar-refractivity contribution in [3.8, 4) is 11.8 Å². The Balaban J connectivity index is 1.44. The SMILES string of the molecule is N#Cc1c(NC(=O)CSc2nnnn2-c2ccccc2)sc2c1CCCC2. The maximum absolute atomic E-state index is 12.4. The minimum absolute atomic E-state index is 0.167. The summed E-state index contributed by atoms with van der Waals surface area (Å²) in [6.45, 7) is 0. The molecule has 3 aromatic rings. The van der Waals surface area contributed by atoms with Gasteiger partial charge in [0.15, 0.2) is 0 Å². The van der Waals surface area contributed by atoms with E-state index in [0.29, 0.717) is 15.7 Å². The fourth-order valence-electron chi connectivity index (χ4n) is 3.07. The van der Waals surface area contributed by atoms with Gasteiger partial charge in [0.05, 0.1) is 17.0 Å². The van der Waals surface area contributed by atoms with Gasteiger partial charge in [0.1, 0.15) is 11.1 Å². The van der Waals surface area contributed by atoms with Crippen LogP contribution in [0.2, 0.25) is 0 Å². The van der Waals surface area contributed by atoms with E-state index in [9.17, 15) is 10.1 Å². The number of carbonyl (C=O) groups excluding carboxylic acids is 1. The second-order valence-corrected chi connectivity index (χ2v) is 8.12. The van der Waals surface area contributed by atoms with Gasteiger partial charge in [-0.2, -0.15) is 9.94 Å². The van der Waals surface area contributed by atoms with E-state index >= 15 is 0 Å². The van der Waals surface area contributed by atoms with Gasteiger partial charge < -0.3 is 5.32 Å². The van der Waals surface area contributed by atoms with E-state index in [1.807, 2.05) is 30.3 Å². The number of carbonyl (C=O) groups is 1. The lowest BCUT2D eigenvalue weighted by molar-refractivity contribution is -0.113. The Bertz CT molecular complexity index is 1000. The molecule has 2 aromatic heterocycles. The molecule has 0 saturated heterocycles. The fourth-order valence-corrected chi connectivity index (χ4v) is 5.01. The van der Waals surface area contributed by atoms with Gasteiger partial charge in [-0.15, -0.1) is 16.4 Å². The molecule has 0 spiro atoms. The van der Waals surface area contributed by atoms with Gasteiger partial charge in [0.25, 0.3) is 0 Å². The molecule has 2 heterocycles. The molecular weight excluding hydrogens is 380 g/mol. The molecule has 0 atom stereocenters. The van der Waals surface area contributed by atoms with E-state index in [4.69, 9.17) is 0 Å². The summed E-state index contributed by atoms with van der Waals surface area (Å²) in [4.78, 5) is 13.7. The molecule has 136 valence electrons. The summed E-state index contributed by atoms with van der Waals surface area (Å²) in [6.07, 6.45) is 4.16.